The Hall–Kier alpha value is -3.86. The summed E-state index contributed by atoms with van der Waals surface area (Å²) in [7, 11) is 1.57. The molecule has 0 aliphatic carbocycles. The smallest absolute Gasteiger partial charge is 0.344 e. The van der Waals surface area contributed by atoms with Crippen molar-refractivity contribution in [1.82, 2.24) is 0 Å². The molecule has 1 amide bonds. The van der Waals surface area contributed by atoms with Crippen molar-refractivity contribution >= 4 is 22.6 Å². The molecule has 4 aromatic rings. The fraction of sp³-hybridized carbons (Fsp3) is 0.0435. The molecular formula is C23H17NO4. The summed E-state index contributed by atoms with van der Waals surface area (Å²) >= 11 is 0. The van der Waals surface area contributed by atoms with Crippen LogP contribution in [0.3, 0.4) is 0 Å². The molecule has 0 bridgehead atoms. The third kappa shape index (κ3) is 3.50. The van der Waals surface area contributed by atoms with E-state index in [9.17, 15) is 9.59 Å². The molecule has 0 atom stereocenters. The maximum atomic E-state index is 12.5. The predicted octanol–water partition coefficient (Wildman–Crippen LogP) is 4.72. The van der Waals surface area contributed by atoms with Crippen LogP contribution in [0.25, 0.3) is 22.1 Å². The highest BCUT2D eigenvalue weighted by molar-refractivity contribution is 6.04. The number of para-hydroxylation sites is 1. The van der Waals surface area contributed by atoms with Gasteiger partial charge < -0.3 is 14.5 Å². The number of carbonyl (C=O) groups excluding carboxylic acids is 1. The normalized spacial score (nSPS) is 10.6. The first-order valence-corrected chi connectivity index (χ1v) is 8.73. The van der Waals surface area contributed by atoms with Crippen molar-refractivity contribution in [1.29, 1.82) is 0 Å². The quantitative estimate of drug-likeness (QED) is 0.527. The molecule has 0 radical (unpaired) electrons. The van der Waals surface area contributed by atoms with Gasteiger partial charge in [0.15, 0.2) is 0 Å². The van der Waals surface area contributed by atoms with Gasteiger partial charge in [-0.05, 0) is 54.1 Å². The molecule has 1 heterocycles. The molecule has 0 fully saturated rings. The number of anilines is 1. The Kier molecular flexibility index (Phi) is 4.64. The fourth-order valence-corrected chi connectivity index (χ4v) is 2.97. The van der Waals surface area contributed by atoms with E-state index in [4.69, 9.17) is 9.15 Å². The Labute approximate surface area is 161 Å². The van der Waals surface area contributed by atoms with E-state index in [0.717, 1.165) is 5.39 Å². The van der Waals surface area contributed by atoms with Crippen LogP contribution in [-0.2, 0) is 0 Å². The summed E-state index contributed by atoms with van der Waals surface area (Å²) < 4.78 is 10.5. The number of hydrogen-bond acceptors (Lipinski definition) is 4. The number of rotatable bonds is 4. The van der Waals surface area contributed by atoms with Crippen molar-refractivity contribution < 1.29 is 13.9 Å². The molecule has 0 spiro atoms. The van der Waals surface area contributed by atoms with Gasteiger partial charge in [-0.1, -0.05) is 30.3 Å². The fourth-order valence-electron chi connectivity index (χ4n) is 2.97. The first-order valence-electron chi connectivity index (χ1n) is 8.73. The lowest BCUT2D eigenvalue weighted by atomic mass is 10.1. The minimum absolute atomic E-state index is 0.245. The number of benzene rings is 3. The van der Waals surface area contributed by atoms with Crippen molar-refractivity contribution in [2.45, 2.75) is 0 Å². The highest BCUT2D eigenvalue weighted by Crippen LogP contribution is 2.24. The summed E-state index contributed by atoms with van der Waals surface area (Å²) in [4.78, 5) is 24.9. The summed E-state index contributed by atoms with van der Waals surface area (Å²) in [5, 5.41) is 3.69. The van der Waals surface area contributed by atoms with Crippen LogP contribution in [-0.4, -0.2) is 13.0 Å². The molecule has 0 saturated heterocycles. The zero-order valence-corrected chi connectivity index (χ0v) is 15.1. The van der Waals surface area contributed by atoms with Crippen LogP contribution < -0.4 is 15.7 Å². The standard InChI is InChI=1S/C23H17NO4/c1-27-19-11-9-15(10-12-19)22(25)24-18-7-4-6-16(13-18)20-14-17-5-2-3-8-21(17)28-23(20)26/h2-14H,1H3,(H,24,25). The van der Waals surface area contributed by atoms with Gasteiger partial charge >= 0.3 is 5.63 Å². The Bertz CT molecular complexity index is 1210. The topological polar surface area (TPSA) is 68.5 Å². The Morgan fingerprint density at radius 1 is 0.929 bits per heavy atom. The molecule has 0 aliphatic heterocycles. The molecule has 0 saturated carbocycles. The number of fused-ring (bicyclic) bond motifs is 1. The monoisotopic (exact) mass is 371 g/mol. The van der Waals surface area contributed by atoms with E-state index < -0.39 is 5.63 Å². The Morgan fingerprint density at radius 3 is 2.50 bits per heavy atom. The zero-order chi connectivity index (χ0) is 19.5. The van der Waals surface area contributed by atoms with Crippen LogP contribution in [0.1, 0.15) is 10.4 Å². The van der Waals surface area contributed by atoms with E-state index in [1.54, 1.807) is 61.7 Å². The number of nitrogens with one attached hydrogen (secondary N) is 1. The summed E-state index contributed by atoms with van der Waals surface area (Å²) in [6.45, 7) is 0. The largest absolute Gasteiger partial charge is 0.497 e. The summed E-state index contributed by atoms with van der Waals surface area (Å²) in [6.07, 6.45) is 0. The minimum atomic E-state index is -0.419. The number of ether oxygens (including phenoxy) is 1. The minimum Gasteiger partial charge on any atom is -0.497 e. The lowest BCUT2D eigenvalue weighted by Crippen LogP contribution is -2.12. The first-order chi connectivity index (χ1) is 13.6. The van der Waals surface area contributed by atoms with Crippen LogP contribution >= 0.6 is 0 Å². The van der Waals surface area contributed by atoms with E-state index in [-0.39, 0.29) is 5.91 Å². The SMILES string of the molecule is COc1ccc(C(=O)Nc2cccc(-c3cc4ccccc4oc3=O)c2)cc1. The Balaban J connectivity index is 1.63. The van der Waals surface area contributed by atoms with Crippen LogP contribution in [0.5, 0.6) is 5.75 Å². The van der Waals surface area contributed by atoms with Crippen molar-refractivity contribution in [3.8, 4) is 16.9 Å². The highest BCUT2D eigenvalue weighted by Gasteiger charge is 2.10. The van der Waals surface area contributed by atoms with Gasteiger partial charge in [0.25, 0.3) is 5.91 Å². The zero-order valence-electron chi connectivity index (χ0n) is 15.1. The lowest BCUT2D eigenvalue weighted by molar-refractivity contribution is 0.102. The Morgan fingerprint density at radius 2 is 1.71 bits per heavy atom. The first kappa shape index (κ1) is 17.5. The van der Waals surface area contributed by atoms with E-state index in [1.807, 2.05) is 24.3 Å². The third-order valence-electron chi connectivity index (χ3n) is 4.43. The second-order valence-corrected chi connectivity index (χ2v) is 6.25. The molecule has 1 N–H and O–H groups in total. The molecule has 0 aliphatic rings. The van der Waals surface area contributed by atoms with Gasteiger partial charge in [0, 0.05) is 16.6 Å². The number of hydrogen-bond donors (Lipinski definition) is 1. The maximum Gasteiger partial charge on any atom is 0.344 e. The van der Waals surface area contributed by atoms with Crippen molar-refractivity contribution in [2.75, 3.05) is 12.4 Å². The maximum absolute atomic E-state index is 12.5. The average Bonchev–Trinajstić information content (AvgIpc) is 2.73. The van der Waals surface area contributed by atoms with Gasteiger partial charge in [-0.3, -0.25) is 4.79 Å². The van der Waals surface area contributed by atoms with Gasteiger partial charge in [-0.25, -0.2) is 4.79 Å². The molecule has 3 aromatic carbocycles. The van der Waals surface area contributed by atoms with Crippen LogP contribution in [0, 0.1) is 0 Å². The molecule has 28 heavy (non-hydrogen) atoms. The molecule has 1 aromatic heterocycles. The van der Waals surface area contributed by atoms with Crippen LogP contribution in [0.4, 0.5) is 5.69 Å². The van der Waals surface area contributed by atoms with Crippen molar-refractivity contribution in [3.05, 3.63) is 94.8 Å². The van der Waals surface area contributed by atoms with E-state index in [1.165, 1.54) is 0 Å². The van der Waals surface area contributed by atoms with Crippen molar-refractivity contribution in [2.24, 2.45) is 0 Å². The molecule has 5 heteroatoms. The van der Waals surface area contributed by atoms with Gasteiger partial charge in [0.1, 0.15) is 11.3 Å². The van der Waals surface area contributed by atoms with E-state index >= 15 is 0 Å². The van der Waals surface area contributed by atoms with Gasteiger partial charge in [-0.2, -0.15) is 0 Å². The molecule has 4 rings (SSSR count). The summed E-state index contributed by atoms with van der Waals surface area (Å²) in [5.74, 6) is 0.437. The number of amides is 1. The molecule has 5 nitrogen and oxygen atoms in total. The van der Waals surface area contributed by atoms with E-state index in [2.05, 4.69) is 5.32 Å². The number of methoxy groups -OCH3 is 1. The second kappa shape index (κ2) is 7.40. The molecular weight excluding hydrogens is 354 g/mol. The molecule has 138 valence electrons. The summed E-state index contributed by atoms with van der Waals surface area (Å²) in [6, 6.07) is 23.1. The average molecular weight is 371 g/mol. The van der Waals surface area contributed by atoms with Crippen molar-refractivity contribution in [3.63, 3.8) is 0 Å². The van der Waals surface area contributed by atoms with Crippen LogP contribution in [0.2, 0.25) is 0 Å². The van der Waals surface area contributed by atoms with Gasteiger partial charge in [0.05, 0.1) is 12.7 Å². The molecule has 0 unspecified atom stereocenters. The third-order valence-corrected chi connectivity index (χ3v) is 4.43. The van der Waals surface area contributed by atoms with Gasteiger partial charge in [0.2, 0.25) is 0 Å². The van der Waals surface area contributed by atoms with E-state index in [0.29, 0.717) is 33.7 Å². The highest BCUT2D eigenvalue weighted by atomic mass is 16.5. The lowest BCUT2D eigenvalue weighted by Gasteiger charge is -2.08. The van der Waals surface area contributed by atoms with Gasteiger partial charge in [-0.15, -0.1) is 0 Å². The second-order valence-electron chi connectivity index (χ2n) is 6.25. The summed E-state index contributed by atoms with van der Waals surface area (Å²) in [5.41, 5.74) is 2.34. The number of carbonyl (C=O) groups is 1. The predicted molar refractivity (Wildman–Crippen MR) is 109 cm³/mol. The van der Waals surface area contributed by atoms with Crippen LogP contribution in [0.15, 0.2) is 88.1 Å².